The maximum Gasteiger partial charge on any atom is 0.0900 e. The molecule has 0 atom stereocenters. The normalized spacial score (nSPS) is 10.6. The molecule has 0 aliphatic rings. The maximum absolute atomic E-state index is 9.08. The van der Waals surface area contributed by atoms with Gasteiger partial charge in [-0.3, -0.25) is 0 Å². The lowest BCUT2D eigenvalue weighted by molar-refractivity contribution is 0.273. The largest absolute Gasteiger partial charge is 0.390 e. The minimum Gasteiger partial charge on any atom is -0.390 e. The Kier molecular flexibility index (Phi) is 2.83. The van der Waals surface area contributed by atoms with Crippen LogP contribution < -0.4 is 0 Å². The lowest BCUT2D eigenvalue weighted by Gasteiger charge is -2.05. The van der Waals surface area contributed by atoms with Crippen LogP contribution in [0, 0.1) is 6.92 Å². The second-order valence-electron chi connectivity index (χ2n) is 3.23. The van der Waals surface area contributed by atoms with Crippen molar-refractivity contribution < 1.29 is 5.11 Å². The minimum absolute atomic E-state index is 0.0709. The van der Waals surface area contributed by atoms with Crippen LogP contribution in [-0.4, -0.2) is 20.1 Å². The molecule has 1 aromatic heterocycles. The zero-order chi connectivity index (χ0) is 10.8. The molecule has 2 rings (SSSR count). The summed E-state index contributed by atoms with van der Waals surface area (Å²) in [5, 5.41) is 16.8. The van der Waals surface area contributed by atoms with Crippen LogP contribution in [-0.2, 0) is 6.61 Å². The number of nitrogens with zero attached hydrogens (tertiary/aromatic N) is 3. The van der Waals surface area contributed by atoms with Gasteiger partial charge in [0, 0.05) is 4.47 Å². The first kappa shape index (κ1) is 10.3. The summed E-state index contributed by atoms with van der Waals surface area (Å²) in [6, 6.07) is 5.87. The second kappa shape index (κ2) is 4.12. The molecule has 1 heterocycles. The van der Waals surface area contributed by atoms with Gasteiger partial charge in [0.2, 0.25) is 0 Å². The van der Waals surface area contributed by atoms with E-state index in [1.165, 1.54) is 0 Å². The Morgan fingerprint density at radius 1 is 1.47 bits per heavy atom. The molecule has 0 bridgehead atoms. The van der Waals surface area contributed by atoms with Gasteiger partial charge in [0.05, 0.1) is 24.2 Å². The molecule has 0 aliphatic carbocycles. The molecule has 0 aliphatic heterocycles. The number of hydrogen-bond donors (Lipinski definition) is 1. The molecular formula is C10H10BrN3O. The van der Waals surface area contributed by atoms with E-state index in [2.05, 4.69) is 26.2 Å². The van der Waals surface area contributed by atoms with Gasteiger partial charge in [0.15, 0.2) is 0 Å². The molecule has 1 aromatic carbocycles. The first-order valence-corrected chi connectivity index (χ1v) is 5.28. The highest BCUT2D eigenvalue weighted by Crippen LogP contribution is 2.20. The Balaban J connectivity index is 2.50. The lowest BCUT2D eigenvalue weighted by atomic mass is 10.2. The predicted octanol–water partition coefficient (Wildman–Crippen LogP) is 1.83. The van der Waals surface area contributed by atoms with E-state index in [0.29, 0.717) is 5.69 Å². The Morgan fingerprint density at radius 3 is 2.93 bits per heavy atom. The number of hydrogen-bond acceptors (Lipinski definition) is 3. The molecular weight excluding hydrogens is 258 g/mol. The molecule has 2 aromatic rings. The molecule has 0 radical (unpaired) electrons. The number of benzene rings is 1. The van der Waals surface area contributed by atoms with Crippen LogP contribution in [0.4, 0.5) is 0 Å². The van der Waals surface area contributed by atoms with Gasteiger partial charge in [-0.15, -0.1) is 5.10 Å². The summed E-state index contributed by atoms with van der Waals surface area (Å²) in [5.74, 6) is 0. The third-order valence-electron chi connectivity index (χ3n) is 2.18. The van der Waals surface area contributed by atoms with Gasteiger partial charge in [-0.25, -0.2) is 4.68 Å². The minimum atomic E-state index is -0.0709. The molecule has 0 amide bonds. The Hall–Kier alpha value is -1.20. The first-order valence-electron chi connectivity index (χ1n) is 4.49. The van der Waals surface area contributed by atoms with Crippen molar-refractivity contribution >= 4 is 15.9 Å². The van der Waals surface area contributed by atoms with Crippen LogP contribution in [0.3, 0.4) is 0 Å². The Bertz CT molecular complexity index is 481. The van der Waals surface area contributed by atoms with E-state index in [9.17, 15) is 0 Å². The van der Waals surface area contributed by atoms with E-state index in [-0.39, 0.29) is 6.61 Å². The molecule has 0 unspecified atom stereocenters. The highest BCUT2D eigenvalue weighted by molar-refractivity contribution is 9.10. The summed E-state index contributed by atoms with van der Waals surface area (Å²) < 4.78 is 2.63. The highest BCUT2D eigenvalue weighted by atomic mass is 79.9. The Morgan fingerprint density at radius 2 is 2.27 bits per heavy atom. The third kappa shape index (κ3) is 1.93. The predicted molar refractivity (Wildman–Crippen MR) is 59.7 cm³/mol. The van der Waals surface area contributed by atoms with Crippen LogP contribution in [0.2, 0.25) is 0 Å². The zero-order valence-corrected chi connectivity index (χ0v) is 9.77. The molecule has 78 valence electrons. The van der Waals surface area contributed by atoms with E-state index in [4.69, 9.17) is 5.11 Å². The van der Waals surface area contributed by atoms with E-state index in [0.717, 1.165) is 15.7 Å². The summed E-state index contributed by atoms with van der Waals surface area (Å²) >= 11 is 3.45. The van der Waals surface area contributed by atoms with Gasteiger partial charge >= 0.3 is 0 Å². The maximum atomic E-state index is 9.08. The molecule has 0 saturated heterocycles. The lowest BCUT2D eigenvalue weighted by Crippen LogP contribution is -2.02. The second-order valence-corrected chi connectivity index (χ2v) is 4.08. The van der Waals surface area contributed by atoms with Crippen LogP contribution in [0.15, 0.2) is 28.9 Å². The van der Waals surface area contributed by atoms with Gasteiger partial charge in [0.1, 0.15) is 0 Å². The number of halogens is 1. The van der Waals surface area contributed by atoms with Crippen LogP contribution in [0.5, 0.6) is 0 Å². The van der Waals surface area contributed by atoms with Crippen LogP contribution in [0.1, 0.15) is 11.3 Å². The fourth-order valence-corrected chi connectivity index (χ4v) is 1.66. The monoisotopic (exact) mass is 267 g/mol. The summed E-state index contributed by atoms with van der Waals surface area (Å²) in [6.45, 7) is 1.95. The van der Waals surface area contributed by atoms with Gasteiger partial charge < -0.3 is 5.11 Å². The average Bonchev–Trinajstić information content (AvgIpc) is 2.70. The standard InChI is InChI=1S/C10H10BrN3O/c1-7-2-3-8(4-10(7)11)14-9(6-15)5-12-13-14/h2-5,15H,6H2,1H3. The number of aliphatic hydroxyl groups excluding tert-OH is 1. The number of aromatic nitrogens is 3. The Labute approximate surface area is 95.7 Å². The number of rotatable bonds is 2. The summed E-state index contributed by atoms with van der Waals surface area (Å²) in [7, 11) is 0. The number of aryl methyl sites for hydroxylation is 1. The fraction of sp³-hybridized carbons (Fsp3) is 0.200. The summed E-state index contributed by atoms with van der Waals surface area (Å²) in [4.78, 5) is 0. The van der Waals surface area contributed by atoms with Crippen LogP contribution in [0.25, 0.3) is 5.69 Å². The number of aliphatic hydroxyl groups is 1. The van der Waals surface area contributed by atoms with E-state index in [1.54, 1.807) is 10.9 Å². The molecule has 0 fully saturated rings. The molecule has 0 spiro atoms. The van der Waals surface area contributed by atoms with Crippen LogP contribution >= 0.6 is 15.9 Å². The SMILES string of the molecule is Cc1ccc(-n2nncc2CO)cc1Br. The van der Waals surface area contributed by atoms with Gasteiger partial charge in [-0.05, 0) is 24.6 Å². The zero-order valence-electron chi connectivity index (χ0n) is 8.18. The van der Waals surface area contributed by atoms with E-state index >= 15 is 0 Å². The highest BCUT2D eigenvalue weighted by Gasteiger charge is 2.05. The molecule has 1 N–H and O–H groups in total. The van der Waals surface area contributed by atoms with E-state index < -0.39 is 0 Å². The van der Waals surface area contributed by atoms with Crippen molar-refractivity contribution in [3.8, 4) is 5.69 Å². The smallest absolute Gasteiger partial charge is 0.0900 e. The molecule has 4 nitrogen and oxygen atoms in total. The molecule has 0 saturated carbocycles. The summed E-state index contributed by atoms with van der Waals surface area (Å²) in [5.41, 5.74) is 2.71. The van der Waals surface area contributed by atoms with Crippen molar-refractivity contribution in [2.24, 2.45) is 0 Å². The molecule has 15 heavy (non-hydrogen) atoms. The first-order chi connectivity index (χ1) is 7.22. The summed E-state index contributed by atoms with van der Waals surface area (Å²) in [6.07, 6.45) is 1.55. The van der Waals surface area contributed by atoms with Crippen molar-refractivity contribution in [1.29, 1.82) is 0 Å². The van der Waals surface area contributed by atoms with Crippen molar-refractivity contribution in [2.75, 3.05) is 0 Å². The third-order valence-corrected chi connectivity index (χ3v) is 3.04. The molecule has 5 heteroatoms. The van der Waals surface area contributed by atoms with Crippen molar-refractivity contribution in [1.82, 2.24) is 15.0 Å². The van der Waals surface area contributed by atoms with Crippen molar-refractivity contribution in [3.63, 3.8) is 0 Å². The van der Waals surface area contributed by atoms with Crippen molar-refractivity contribution in [3.05, 3.63) is 40.1 Å². The topological polar surface area (TPSA) is 50.9 Å². The van der Waals surface area contributed by atoms with E-state index in [1.807, 2.05) is 25.1 Å². The van der Waals surface area contributed by atoms with Gasteiger partial charge in [-0.2, -0.15) is 0 Å². The van der Waals surface area contributed by atoms with Crippen molar-refractivity contribution in [2.45, 2.75) is 13.5 Å². The van der Waals surface area contributed by atoms with Gasteiger partial charge in [0.25, 0.3) is 0 Å². The van der Waals surface area contributed by atoms with Gasteiger partial charge in [-0.1, -0.05) is 27.2 Å². The fourth-order valence-electron chi connectivity index (χ4n) is 1.30. The average molecular weight is 268 g/mol. The quantitative estimate of drug-likeness (QED) is 0.904.